The fraction of sp³-hybridized carbons (Fsp3) is 0.444. The van der Waals surface area contributed by atoms with Crippen molar-refractivity contribution in [2.24, 2.45) is 0 Å². The molecule has 1 amide bonds. The zero-order chi connectivity index (χ0) is 16.9. The summed E-state index contributed by atoms with van der Waals surface area (Å²) < 4.78 is 7.02. The van der Waals surface area contributed by atoms with Crippen LogP contribution in [0.15, 0.2) is 43.0 Å². The minimum absolute atomic E-state index is 0.0518. The fourth-order valence-corrected chi connectivity index (χ4v) is 3.03. The smallest absolute Gasteiger partial charge is 0.243 e. The predicted molar refractivity (Wildman–Crippen MR) is 93.3 cm³/mol. The number of aromatic nitrogens is 2. The average Bonchev–Trinajstić information content (AvgIpc) is 3.16. The van der Waals surface area contributed by atoms with Gasteiger partial charge in [0.1, 0.15) is 11.8 Å². The van der Waals surface area contributed by atoms with Crippen molar-refractivity contribution < 1.29 is 9.53 Å². The van der Waals surface area contributed by atoms with Crippen LogP contribution in [-0.4, -0.2) is 41.7 Å². The van der Waals surface area contributed by atoms with Crippen molar-refractivity contribution in [1.29, 1.82) is 0 Å². The van der Waals surface area contributed by atoms with E-state index in [4.69, 9.17) is 4.74 Å². The van der Waals surface area contributed by atoms with E-state index >= 15 is 0 Å². The molecule has 128 valence electrons. The molecule has 0 unspecified atom stereocenters. The molecule has 6 nitrogen and oxygen atoms in total. The number of rotatable bonds is 5. The zero-order valence-electron chi connectivity index (χ0n) is 14.2. The van der Waals surface area contributed by atoms with Crippen LogP contribution in [0.3, 0.4) is 0 Å². The number of carbonyl (C=O) groups is 1. The van der Waals surface area contributed by atoms with E-state index in [9.17, 15) is 4.79 Å². The van der Waals surface area contributed by atoms with Crippen molar-refractivity contribution in [2.75, 3.05) is 25.1 Å². The number of nitrogens with zero attached hydrogens (tertiary/aromatic N) is 3. The Morgan fingerprint density at radius 2 is 2.00 bits per heavy atom. The van der Waals surface area contributed by atoms with Gasteiger partial charge in [0.2, 0.25) is 5.91 Å². The summed E-state index contributed by atoms with van der Waals surface area (Å²) in [5.41, 5.74) is 1.20. The molecule has 0 aliphatic carbocycles. The maximum atomic E-state index is 12.3. The molecule has 0 spiro atoms. The van der Waals surface area contributed by atoms with Crippen LogP contribution >= 0.6 is 0 Å². The Balaban J connectivity index is 1.50. The quantitative estimate of drug-likeness (QED) is 0.914. The number of anilines is 1. The van der Waals surface area contributed by atoms with Crippen molar-refractivity contribution in [3.63, 3.8) is 0 Å². The first kappa shape index (κ1) is 16.4. The average molecular weight is 328 g/mol. The number of amides is 1. The van der Waals surface area contributed by atoms with Crippen molar-refractivity contribution in [2.45, 2.75) is 31.8 Å². The Morgan fingerprint density at radius 3 is 2.58 bits per heavy atom. The van der Waals surface area contributed by atoms with E-state index in [2.05, 4.69) is 27.3 Å². The molecule has 1 aliphatic rings. The van der Waals surface area contributed by atoms with E-state index in [1.807, 2.05) is 29.8 Å². The Kier molecular flexibility index (Phi) is 5.03. The maximum Gasteiger partial charge on any atom is 0.243 e. The molecular formula is C18H24N4O2. The van der Waals surface area contributed by atoms with Gasteiger partial charge >= 0.3 is 0 Å². The number of benzene rings is 1. The highest BCUT2D eigenvalue weighted by Crippen LogP contribution is 2.23. The van der Waals surface area contributed by atoms with Crippen molar-refractivity contribution in [3.8, 4) is 5.75 Å². The van der Waals surface area contributed by atoms with Gasteiger partial charge in [-0.15, -0.1) is 0 Å². The van der Waals surface area contributed by atoms with Crippen LogP contribution < -0.4 is 15.0 Å². The zero-order valence-corrected chi connectivity index (χ0v) is 14.2. The summed E-state index contributed by atoms with van der Waals surface area (Å²) in [5.74, 6) is 0.922. The molecule has 3 rings (SSSR count). The molecule has 1 N–H and O–H groups in total. The summed E-state index contributed by atoms with van der Waals surface area (Å²) in [6.45, 7) is 3.77. The lowest BCUT2D eigenvalue weighted by molar-refractivity contribution is -0.124. The van der Waals surface area contributed by atoms with E-state index in [1.165, 1.54) is 5.69 Å². The molecule has 24 heavy (non-hydrogen) atoms. The number of nitrogens with one attached hydrogen (secondary N) is 1. The van der Waals surface area contributed by atoms with Crippen LogP contribution in [0.4, 0.5) is 5.69 Å². The third-order valence-electron chi connectivity index (χ3n) is 4.63. The lowest BCUT2D eigenvalue weighted by Gasteiger charge is -2.34. The highest BCUT2D eigenvalue weighted by atomic mass is 16.5. The Morgan fingerprint density at radius 1 is 1.29 bits per heavy atom. The predicted octanol–water partition coefficient (Wildman–Crippen LogP) is 2.24. The number of ether oxygens (including phenoxy) is 1. The number of hydrogen-bond donors (Lipinski definition) is 1. The molecule has 1 aromatic carbocycles. The molecule has 0 saturated carbocycles. The molecule has 6 heteroatoms. The number of piperidine rings is 1. The Labute approximate surface area is 142 Å². The SMILES string of the molecule is COc1ccc(N2CCC(NC(=O)[C@@H](C)n3ccnc3)CC2)cc1. The van der Waals surface area contributed by atoms with E-state index in [-0.39, 0.29) is 18.0 Å². The molecular weight excluding hydrogens is 304 g/mol. The highest BCUT2D eigenvalue weighted by Gasteiger charge is 2.23. The van der Waals surface area contributed by atoms with E-state index in [0.717, 1.165) is 31.7 Å². The van der Waals surface area contributed by atoms with Gasteiger partial charge in [0.05, 0.1) is 13.4 Å². The van der Waals surface area contributed by atoms with Crippen molar-refractivity contribution in [3.05, 3.63) is 43.0 Å². The summed E-state index contributed by atoms with van der Waals surface area (Å²) in [5, 5.41) is 3.16. The Hall–Kier alpha value is -2.50. The van der Waals surface area contributed by atoms with Crippen LogP contribution in [0.2, 0.25) is 0 Å². The van der Waals surface area contributed by atoms with Crippen LogP contribution in [0, 0.1) is 0 Å². The van der Waals surface area contributed by atoms with E-state index in [0.29, 0.717) is 0 Å². The monoisotopic (exact) mass is 328 g/mol. The van der Waals surface area contributed by atoms with Gasteiger partial charge in [0.25, 0.3) is 0 Å². The van der Waals surface area contributed by atoms with Crippen LogP contribution in [0.1, 0.15) is 25.8 Å². The first-order valence-corrected chi connectivity index (χ1v) is 8.34. The van der Waals surface area contributed by atoms with Gasteiger partial charge in [-0.05, 0) is 44.0 Å². The summed E-state index contributed by atoms with van der Waals surface area (Å²) in [4.78, 5) is 18.7. The summed E-state index contributed by atoms with van der Waals surface area (Å²) in [6, 6.07) is 8.13. The van der Waals surface area contributed by atoms with Gasteiger partial charge in [-0.1, -0.05) is 0 Å². The highest BCUT2D eigenvalue weighted by molar-refractivity contribution is 5.80. The lowest BCUT2D eigenvalue weighted by Crippen LogP contribution is -2.46. The standard InChI is InChI=1S/C18H24N4O2/c1-14(22-12-9-19-13-22)18(23)20-15-7-10-21(11-8-15)16-3-5-17(24-2)6-4-16/h3-6,9,12-15H,7-8,10-11H2,1-2H3,(H,20,23)/t14-/m1/s1. The molecule has 1 fully saturated rings. The fourth-order valence-electron chi connectivity index (χ4n) is 3.03. The minimum Gasteiger partial charge on any atom is -0.497 e. The van der Waals surface area contributed by atoms with Crippen molar-refractivity contribution in [1.82, 2.24) is 14.9 Å². The molecule has 1 aromatic heterocycles. The summed E-state index contributed by atoms with van der Waals surface area (Å²) in [6.07, 6.45) is 7.09. The third-order valence-corrected chi connectivity index (χ3v) is 4.63. The molecule has 1 aliphatic heterocycles. The number of methoxy groups -OCH3 is 1. The van der Waals surface area contributed by atoms with Crippen LogP contribution in [-0.2, 0) is 4.79 Å². The summed E-state index contributed by atoms with van der Waals surface area (Å²) in [7, 11) is 1.67. The van der Waals surface area contributed by atoms with E-state index < -0.39 is 0 Å². The van der Waals surface area contributed by atoms with Crippen LogP contribution in [0.5, 0.6) is 5.75 Å². The number of carbonyl (C=O) groups excluding carboxylic acids is 1. The second-order valence-corrected chi connectivity index (χ2v) is 6.15. The topological polar surface area (TPSA) is 59.4 Å². The second-order valence-electron chi connectivity index (χ2n) is 6.15. The van der Waals surface area contributed by atoms with Gasteiger partial charge in [-0.25, -0.2) is 4.98 Å². The molecule has 0 radical (unpaired) electrons. The normalized spacial score (nSPS) is 16.7. The third kappa shape index (κ3) is 3.69. The van der Waals surface area contributed by atoms with Gasteiger partial charge in [-0.2, -0.15) is 0 Å². The van der Waals surface area contributed by atoms with Gasteiger partial charge in [-0.3, -0.25) is 4.79 Å². The lowest BCUT2D eigenvalue weighted by atomic mass is 10.0. The van der Waals surface area contributed by atoms with E-state index in [1.54, 1.807) is 19.6 Å². The molecule has 0 bridgehead atoms. The Bertz CT molecular complexity index is 646. The van der Waals surface area contributed by atoms with Gasteiger partial charge < -0.3 is 19.5 Å². The molecule has 1 saturated heterocycles. The minimum atomic E-state index is -0.230. The van der Waals surface area contributed by atoms with Gasteiger partial charge in [0.15, 0.2) is 0 Å². The molecule has 2 aromatic rings. The number of imidazole rings is 1. The first-order chi connectivity index (χ1) is 11.7. The van der Waals surface area contributed by atoms with Gasteiger partial charge in [0, 0.05) is 37.2 Å². The maximum absolute atomic E-state index is 12.3. The van der Waals surface area contributed by atoms with Crippen LogP contribution in [0.25, 0.3) is 0 Å². The van der Waals surface area contributed by atoms with Crippen molar-refractivity contribution >= 4 is 11.6 Å². The largest absolute Gasteiger partial charge is 0.497 e. The number of hydrogen-bond acceptors (Lipinski definition) is 4. The first-order valence-electron chi connectivity index (χ1n) is 8.34. The molecule has 1 atom stereocenters. The second kappa shape index (κ2) is 7.38. The summed E-state index contributed by atoms with van der Waals surface area (Å²) >= 11 is 0. The molecule has 2 heterocycles.